The Bertz CT molecular complexity index is 676. The summed E-state index contributed by atoms with van der Waals surface area (Å²) in [5, 5.41) is 3.81. The Kier molecular flexibility index (Phi) is 7.70. The molecule has 0 fully saturated rings. The van der Waals surface area contributed by atoms with Crippen LogP contribution in [0.1, 0.15) is 60.8 Å². The fourth-order valence-corrected chi connectivity index (χ4v) is 3.51. The van der Waals surface area contributed by atoms with Crippen LogP contribution in [0.4, 0.5) is 26.3 Å². The van der Waals surface area contributed by atoms with Gasteiger partial charge in [-0.15, -0.1) is 0 Å². The molecule has 0 aromatic rings. The third kappa shape index (κ3) is 5.69. The summed E-state index contributed by atoms with van der Waals surface area (Å²) in [6, 6.07) is 0. The zero-order valence-electron chi connectivity index (χ0n) is 18.1. The summed E-state index contributed by atoms with van der Waals surface area (Å²) >= 11 is 0. The SMILES string of the molecule is CC(C)CNC1=C(C(NC(=O)CC(C)C)(C(F)(F)F)C(F)(F)F)C(=O)CC(C)(C)C1. The quantitative estimate of drug-likeness (QED) is 0.549. The maximum Gasteiger partial charge on any atom is 0.425 e. The Balaban J connectivity index is 3.83. The summed E-state index contributed by atoms with van der Waals surface area (Å²) < 4.78 is 84.9. The molecule has 10 heteroatoms. The average molecular weight is 444 g/mol. The van der Waals surface area contributed by atoms with Crippen LogP contribution in [-0.4, -0.2) is 36.1 Å². The summed E-state index contributed by atoms with van der Waals surface area (Å²) in [5.74, 6) is -3.27. The number of amides is 1. The topological polar surface area (TPSA) is 58.2 Å². The minimum atomic E-state index is -5.98. The predicted octanol–water partition coefficient (Wildman–Crippen LogP) is 4.90. The molecule has 1 aliphatic carbocycles. The Morgan fingerprint density at radius 3 is 1.87 bits per heavy atom. The van der Waals surface area contributed by atoms with E-state index >= 15 is 0 Å². The number of carbonyl (C=O) groups excluding carboxylic acids is 2. The van der Waals surface area contributed by atoms with Crippen molar-refractivity contribution in [3.8, 4) is 0 Å². The smallest absolute Gasteiger partial charge is 0.388 e. The first kappa shape index (κ1) is 26.3. The van der Waals surface area contributed by atoms with Crippen LogP contribution >= 0.6 is 0 Å². The molecule has 2 N–H and O–H groups in total. The lowest BCUT2D eigenvalue weighted by Crippen LogP contribution is -2.70. The van der Waals surface area contributed by atoms with E-state index in [2.05, 4.69) is 5.32 Å². The summed E-state index contributed by atoms with van der Waals surface area (Å²) in [6.45, 7) is 9.71. The van der Waals surface area contributed by atoms with Crippen LogP contribution in [0, 0.1) is 17.3 Å². The fraction of sp³-hybridized carbons (Fsp3) is 0.800. The van der Waals surface area contributed by atoms with Gasteiger partial charge in [0.2, 0.25) is 5.91 Å². The van der Waals surface area contributed by atoms with E-state index in [1.807, 2.05) is 0 Å². The number of ketones is 1. The molecule has 1 rings (SSSR count). The van der Waals surface area contributed by atoms with E-state index in [1.165, 1.54) is 19.2 Å². The van der Waals surface area contributed by atoms with E-state index in [0.717, 1.165) is 0 Å². The Morgan fingerprint density at radius 2 is 1.47 bits per heavy atom. The van der Waals surface area contributed by atoms with Crippen molar-refractivity contribution in [2.45, 2.75) is 78.7 Å². The van der Waals surface area contributed by atoms with Crippen molar-refractivity contribution >= 4 is 11.7 Å². The molecule has 30 heavy (non-hydrogen) atoms. The highest BCUT2D eigenvalue weighted by Gasteiger charge is 2.75. The van der Waals surface area contributed by atoms with Crippen molar-refractivity contribution in [2.75, 3.05) is 6.54 Å². The largest absolute Gasteiger partial charge is 0.425 e. The molecule has 1 amide bonds. The molecule has 1 aliphatic rings. The maximum absolute atomic E-state index is 14.1. The highest BCUT2D eigenvalue weighted by atomic mass is 19.4. The minimum Gasteiger partial charge on any atom is -0.388 e. The molecule has 0 bridgehead atoms. The summed E-state index contributed by atoms with van der Waals surface area (Å²) in [6.07, 6.45) is -13.2. The summed E-state index contributed by atoms with van der Waals surface area (Å²) in [7, 11) is 0. The van der Waals surface area contributed by atoms with Crippen LogP contribution in [0.3, 0.4) is 0 Å². The van der Waals surface area contributed by atoms with E-state index in [9.17, 15) is 35.9 Å². The highest BCUT2D eigenvalue weighted by molar-refractivity contribution is 6.01. The van der Waals surface area contributed by atoms with Crippen molar-refractivity contribution in [2.24, 2.45) is 17.3 Å². The lowest BCUT2D eigenvalue weighted by molar-refractivity contribution is -0.292. The third-order valence-corrected chi connectivity index (χ3v) is 4.74. The van der Waals surface area contributed by atoms with Crippen LogP contribution in [0.5, 0.6) is 0 Å². The van der Waals surface area contributed by atoms with Gasteiger partial charge < -0.3 is 10.6 Å². The van der Waals surface area contributed by atoms with E-state index in [0.29, 0.717) is 0 Å². The van der Waals surface area contributed by atoms with Gasteiger partial charge >= 0.3 is 12.4 Å². The molecule has 0 unspecified atom stereocenters. The lowest BCUT2D eigenvalue weighted by Gasteiger charge is -2.44. The van der Waals surface area contributed by atoms with E-state index in [4.69, 9.17) is 0 Å². The van der Waals surface area contributed by atoms with E-state index < -0.39 is 65.0 Å². The van der Waals surface area contributed by atoms with Gasteiger partial charge in [0.05, 0.1) is 5.57 Å². The molecule has 0 heterocycles. The number of allylic oxidation sites excluding steroid dienone is 1. The van der Waals surface area contributed by atoms with Crippen molar-refractivity contribution in [1.82, 2.24) is 10.6 Å². The number of alkyl halides is 6. The molecule has 0 aromatic carbocycles. The average Bonchev–Trinajstić information content (AvgIpc) is 2.46. The first-order valence-corrected chi connectivity index (χ1v) is 9.79. The molecule has 0 spiro atoms. The second-order valence-corrected chi connectivity index (χ2v) is 9.46. The molecule has 0 saturated heterocycles. The van der Waals surface area contributed by atoms with Gasteiger partial charge in [-0.2, -0.15) is 26.3 Å². The molecular weight excluding hydrogens is 414 g/mol. The number of nitrogens with one attached hydrogen (secondary N) is 2. The van der Waals surface area contributed by atoms with E-state index in [1.54, 1.807) is 27.7 Å². The van der Waals surface area contributed by atoms with Crippen molar-refractivity contribution in [1.29, 1.82) is 0 Å². The molecular formula is C20H30F6N2O2. The number of hydrogen-bond donors (Lipinski definition) is 2. The summed E-state index contributed by atoms with van der Waals surface area (Å²) in [4.78, 5) is 24.9. The number of Topliss-reactive ketones (excluding diaryl/α,β-unsaturated/α-hetero) is 1. The van der Waals surface area contributed by atoms with Gasteiger partial charge in [-0.25, -0.2) is 0 Å². The van der Waals surface area contributed by atoms with Crippen LogP contribution < -0.4 is 10.6 Å². The minimum absolute atomic E-state index is 0.0773. The van der Waals surface area contributed by atoms with Crippen molar-refractivity contribution in [3.63, 3.8) is 0 Å². The molecule has 0 radical (unpaired) electrons. The summed E-state index contributed by atoms with van der Waals surface area (Å²) in [5.41, 5.74) is -7.49. The molecule has 0 aliphatic heterocycles. The van der Waals surface area contributed by atoms with Crippen LogP contribution in [-0.2, 0) is 9.59 Å². The van der Waals surface area contributed by atoms with Gasteiger partial charge in [0.15, 0.2) is 5.78 Å². The third-order valence-electron chi connectivity index (χ3n) is 4.74. The zero-order valence-corrected chi connectivity index (χ0v) is 18.1. The highest BCUT2D eigenvalue weighted by Crippen LogP contribution is 2.52. The lowest BCUT2D eigenvalue weighted by atomic mass is 9.70. The Labute approximate surface area is 172 Å². The van der Waals surface area contributed by atoms with Gasteiger partial charge in [0.1, 0.15) is 0 Å². The van der Waals surface area contributed by atoms with Gasteiger partial charge in [0, 0.05) is 25.1 Å². The number of hydrogen-bond acceptors (Lipinski definition) is 3. The number of halogens is 6. The first-order chi connectivity index (χ1) is 13.3. The number of carbonyl (C=O) groups is 2. The van der Waals surface area contributed by atoms with E-state index in [-0.39, 0.29) is 18.9 Å². The Morgan fingerprint density at radius 1 is 0.967 bits per heavy atom. The van der Waals surface area contributed by atoms with Crippen LogP contribution in [0.25, 0.3) is 0 Å². The molecule has 4 nitrogen and oxygen atoms in total. The standard InChI is InChI=1S/C20H30F6N2O2/c1-11(2)7-15(30)28-18(19(21,22)23,20(24,25)26)16-13(27-10-12(3)4)8-17(5,6)9-14(16)29/h11-12,27H,7-10H2,1-6H3,(H,28,30). The Hall–Kier alpha value is -1.74. The molecule has 174 valence electrons. The molecule has 0 aromatic heterocycles. The first-order valence-electron chi connectivity index (χ1n) is 9.79. The maximum atomic E-state index is 14.1. The second kappa shape index (κ2) is 8.78. The monoisotopic (exact) mass is 444 g/mol. The van der Waals surface area contributed by atoms with Crippen molar-refractivity contribution in [3.05, 3.63) is 11.3 Å². The fourth-order valence-electron chi connectivity index (χ4n) is 3.51. The van der Waals surface area contributed by atoms with Gasteiger partial charge in [0.25, 0.3) is 5.54 Å². The van der Waals surface area contributed by atoms with Crippen molar-refractivity contribution < 1.29 is 35.9 Å². The predicted molar refractivity (Wildman–Crippen MR) is 100 cm³/mol. The second-order valence-electron chi connectivity index (χ2n) is 9.46. The zero-order chi connectivity index (χ0) is 23.7. The van der Waals surface area contributed by atoms with Crippen LogP contribution in [0.15, 0.2) is 11.3 Å². The van der Waals surface area contributed by atoms with Crippen LogP contribution in [0.2, 0.25) is 0 Å². The van der Waals surface area contributed by atoms with Gasteiger partial charge in [-0.3, -0.25) is 9.59 Å². The normalized spacial score (nSPS) is 18.3. The molecule has 0 saturated carbocycles. The van der Waals surface area contributed by atoms with Gasteiger partial charge in [-0.05, 0) is 23.7 Å². The molecule has 0 atom stereocenters. The number of rotatable bonds is 7. The van der Waals surface area contributed by atoms with Gasteiger partial charge in [-0.1, -0.05) is 41.5 Å².